The second-order valence-corrected chi connectivity index (χ2v) is 9.32. The third kappa shape index (κ3) is 6.09. The van der Waals surface area contributed by atoms with Crippen LogP contribution >= 0.6 is 0 Å². The number of aliphatic carboxylic acids is 1. The summed E-state index contributed by atoms with van der Waals surface area (Å²) in [6, 6.07) is 4.56. The minimum Gasteiger partial charge on any atom is -0.493 e. The Balaban J connectivity index is 2.37. The van der Waals surface area contributed by atoms with Gasteiger partial charge in [0, 0.05) is 5.56 Å². The smallest absolute Gasteiger partial charge is 0.307 e. The molecule has 0 fully saturated rings. The van der Waals surface area contributed by atoms with Gasteiger partial charge in [0.05, 0.1) is 13.0 Å². The first-order valence-corrected chi connectivity index (χ1v) is 10.6. The van der Waals surface area contributed by atoms with Gasteiger partial charge in [-0.3, -0.25) is 4.79 Å². The molecule has 1 aromatic carbocycles. The summed E-state index contributed by atoms with van der Waals surface area (Å²) in [5.74, 6) is 0.129. The van der Waals surface area contributed by atoms with Gasteiger partial charge in [0.1, 0.15) is 5.75 Å². The molecule has 0 unspecified atom stereocenters. The number of carboxylic acid groups (broad SMARTS) is 1. The van der Waals surface area contributed by atoms with Crippen LogP contribution in [0.5, 0.6) is 5.75 Å². The van der Waals surface area contributed by atoms with Crippen LogP contribution in [0.25, 0.3) is 6.08 Å². The van der Waals surface area contributed by atoms with Crippen LogP contribution in [0.1, 0.15) is 83.9 Å². The lowest BCUT2D eigenvalue weighted by atomic mass is 9.63. The van der Waals surface area contributed by atoms with Crippen molar-refractivity contribution in [2.24, 2.45) is 0 Å². The van der Waals surface area contributed by atoms with Crippen molar-refractivity contribution in [3.63, 3.8) is 0 Å². The summed E-state index contributed by atoms with van der Waals surface area (Å²) in [6.45, 7) is 14.1. The number of hydrogen-bond donors (Lipinski definition) is 1. The summed E-state index contributed by atoms with van der Waals surface area (Å²) in [4.78, 5) is 10.7. The van der Waals surface area contributed by atoms with Crippen LogP contribution in [0.3, 0.4) is 0 Å². The molecule has 1 aliphatic rings. The SMILES string of the molecule is CCCOc1cc2c(cc1/C=C/C=C/C(C)=C/CC(=O)O)C(C)(C)CCC2(C)C. The zero-order valence-electron chi connectivity index (χ0n) is 18.8. The quantitative estimate of drug-likeness (QED) is 0.491. The summed E-state index contributed by atoms with van der Waals surface area (Å²) in [6.07, 6.45) is 13.1. The van der Waals surface area contributed by atoms with Crippen molar-refractivity contribution in [2.45, 2.75) is 78.1 Å². The van der Waals surface area contributed by atoms with E-state index in [9.17, 15) is 4.79 Å². The molecule has 0 saturated heterocycles. The minimum absolute atomic E-state index is 0.0462. The van der Waals surface area contributed by atoms with Crippen LogP contribution in [0.15, 0.2) is 42.0 Å². The maximum absolute atomic E-state index is 10.7. The van der Waals surface area contributed by atoms with Gasteiger partial charge < -0.3 is 9.84 Å². The molecule has 3 heteroatoms. The molecule has 0 aliphatic heterocycles. The Morgan fingerprint density at radius 3 is 2.31 bits per heavy atom. The average Bonchev–Trinajstić information content (AvgIpc) is 2.65. The maximum Gasteiger partial charge on any atom is 0.307 e. The van der Waals surface area contributed by atoms with Crippen molar-refractivity contribution in [1.82, 2.24) is 0 Å². The van der Waals surface area contributed by atoms with Crippen LogP contribution in [-0.2, 0) is 15.6 Å². The van der Waals surface area contributed by atoms with E-state index in [-0.39, 0.29) is 17.3 Å². The number of carbonyl (C=O) groups is 1. The third-order valence-corrected chi connectivity index (χ3v) is 5.79. The van der Waals surface area contributed by atoms with E-state index in [1.165, 1.54) is 24.0 Å². The number of rotatable bonds is 8. The van der Waals surface area contributed by atoms with E-state index >= 15 is 0 Å². The highest BCUT2D eigenvalue weighted by atomic mass is 16.5. The molecular formula is C26H36O3. The molecule has 1 aromatic rings. The Bertz CT molecular complexity index is 823. The van der Waals surface area contributed by atoms with E-state index in [0.29, 0.717) is 6.61 Å². The van der Waals surface area contributed by atoms with E-state index < -0.39 is 5.97 Å². The highest BCUT2D eigenvalue weighted by Gasteiger charge is 2.37. The molecule has 3 nitrogen and oxygen atoms in total. The largest absolute Gasteiger partial charge is 0.493 e. The summed E-state index contributed by atoms with van der Waals surface area (Å²) in [5, 5.41) is 8.76. The lowest BCUT2D eigenvalue weighted by Crippen LogP contribution is -2.34. The van der Waals surface area contributed by atoms with Crippen molar-refractivity contribution in [3.05, 3.63) is 58.7 Å². The Hall–Kier alpha value is -2.29. The van der Waals surface area contributed by atoms with Gasteiger partial charge in [-0.15, -0.1) is 0 Å². The third-order valence-electron chi connectivity index (χ3n) is 5.79. The molecule has 29 heavy (non-hydrogen) atoms. The van der Waals surface area contributed by atoms with Gasteiger partial charge in [-0.2, -0.15) is 0 Å². The highest BCUT2D eigenvalue weighted by molar-refractivity contribution is 5.69. The van der Waals surface area contributed by atoms with Crippen molar-refractivity contribution in [1.29, 1.82) is 0 Å². The first-order valence-electron chi connectivity index (χ1n) is 10.6. The summed E-state index contributed by atoms with van der Waals surface area (Å²) >= 11 is 0. The molecule has 0 saturated carbocycles. The lowest BCUT2D eigenvalue weighted by molar-refractivity contribution is -0.136. The topological polar surface area (TPSA) is 46.5 Å². The number of carboxylic acids is 1. The van der Waals surface area contributed by atoms with E-state index in [2.05, 4.69) is 52.8 Å². The highest BCUT2D eigenvalue weighted by Crippen LogP contribution is 2.47. The first kappa shape index (κ1) is 23.0. The molecule has 0 bridgehead atoms. The van der Waals surface area contributed by atoms with E-state index in [4.69, 9.17) is 9.84 Å². The second kappa shape index (κ2) is 9.47. The van der Waals surface area contributed by atoms with Crippen molar-refractivity contribution in [2.75, 3.05) is 6.61 Å². The molecular weight excluding hydrogens is 360 g/mol. The molecule has 0 amide bonds. The van der Waals surface area contributed by atoms with Crippen LogP contribution in [-0.4, -0.2) is 17.7 Å². The Kier molecular flexibility index (Phi) is 7.51. The van der Waals surface area contributed by atoms with Crippen LogP contribution in [0, 0.1) is 0 Å². The number of fused-ring (bicyclic) bond motifs is 1. The van der Waals surface area contributed by atoms with E-state index in [1.54, 1.807) is 6.08 Å². The van der Waals surface area contributed by atoms with Crippen LogP contribution in [0.4, 0.5) is 0 Å². The normalized spacial score (nSPS) is 18.2. The number of hydrogen-bond acceptors (Lipinski definition) is 2. The van der Waals surface area contributed by atoms with Gasteiger partial charge in [0.2, 0.25) is 0 Å². The zero-order chi connectivity index (χ0) is 21.7. The first-order chi connectivity index (χ1) is 13.6. The van der Waals surface area contributed by atoms with Crippen molar-refractivity contribution in [3.8, 4) is 5.75 Å². The molecule has 2 rings (SSSR count). The van der Waals surface area contributed by atoms with Crippen molar-refractivity contribution < 1.29 is 14.6 Å². The fourth-order valence-electron chi connectivity index (χ4n) is 3.76. The minimum atomic E-state index is -0.814. The lowest BCUT2D eigenvalue weighted by Gasteiger charge is -2.42. The molecule has 0 heterocycles. The van der Waals surface area contributed by atoms with Crippen LogP contribution < -0.4 is 4.74 Å². The maximum atomic E-state index is 10.7. The number of allylic oxidation sites excluding steroid dienone is 4. The monoisotopic (exact) mass is 396 g/mol. The molecule has 0 radical (unpaired) electrons. The van der Waals surface area contributed by atoms with Crippen LogP contribution in [0.2, 0.25) is 0 Å². The van der Waals surface area contributed by atoms with Gasteiger partial charge >= 0.3 is 5.97 Å². The predicted octanol–water partition coefficient (Wildman–Crippen LogP) is 6.81. The molecule has 0 atom stereocenters. The fraction of sp³-hybridized carbons (Fsp3) is 0.500. The molecule has 0 spiro atoms. The van der Waals surface area contributed by atoms with Gasteiger partial charge in [-0.25, -0.2) is 0 Å². The Labute approximate surface area is 176 Å². The summed E-state index contributed by atoms with van der Waals surface area (Å²) in [5.41, 5.74) is 5.16. The van der Waals surface area contributed by atoms with Gasteiger partial charge in [0.25, 0.3) is 0 Å². The van der Waals surface area contributed by atoms with Crippen molar-refractivity contribution >= 4 is 12.0 Å². The molecule has 0 aromatic heterocycles. The Morgan fingerprint density at radius 1 is 1.10 bits per heavy atom. The molecule has 1 aliphatic carbocycles. The fourth-order valence-corrected chi connectivity index (χ4v) is 3.76. The van der Waals surface area contributed by atoms with E-state index in [0.717, 1.165) is 23.3 Å². The zero-order valence-corrected chi connectivity index (χ0v) is 18.8. The number of ether oxygens (including phenoxy) is 1. The molecule has 1 N–H and O–H groups in total. The molecule has 158 valence electrons. The predicted molar refractivity (Wildman–Crippen MR) is 122 cm³/mol. The summed E-state index contributed by atoms with van der Waals surface area (Å²) < 4.78 is 6.10. The van der Waals surface area contributed by atoms with Gasteiger partial charge in [-0.05, 0) is 60.3 Å². The average molecular weight is 397 g/mol. The number of benzene rings is 1. The van der Waals surface area contributed by atoms with Gasteiger partial charge in [-0.1, -0.05) is 70.6 Å². The Morgan fingerprint density at radius 2 is 1.72 bits per heavy atom. The van der Waals surface area contributed by atoms with E-state index in [1.807, 2.05) is 25.2 Å². The van der Waals surface area contributed by atoms with Gasteiger partial charge in [0.15, 0.2) is 0 Å². The standard InChI is InChI=1S/C26H36O3/c1-7-16-29-23-18-22-21(25(3,4)14-15-26(22,5)6)17-20(23)11-9-8-10-19(2)12-13-24(27)28/h8-12,17-18H,7,13-16H2,1-6H3,(H,27,28)/b10-8+,11-9+,19-12+. The summed E-state index contributed by atoms with van der Waals surface area (Å²) in [7, 11) is 0. The second-order valence-electron chi connectivity index (χ2n) is 9.32.